The van der Waals surface area contributed by atoms with Gasteiger partial charge in [-0.2, -0.15) is 0 Å². The maximum Gasteiger partial charge on any atom is 0.0700 e. The molecule has 0 spiro atoms. The lowest BCUT2D eigenvalue weighted by Gasteiger charge is -2.20. The predicted molar refractivity (Wildman–Crippen MR) is 67.9 cm³/mol. The van der Waals surface area contributed by atoms with Gasteiger partial charge in [0.15, 0.2) is 0 Å². The molecule has 0 atom stereocenters. The molecule has 0 heterocycles. The standard InChI is InChI=1S/C12H28N2O2/c1-12(2,3)14-7-5-6-13-8-9-16-11-10-15-4/h13-14H,5-11H2,1-4H3. The van der Waals surface area contributed by atoms with Crippen LogP contribution in [0.4, 0.5) is 0 Å². The summed E-state index contributed by atoms with van der Waals surface area (Å²) in [6.45, 7) is 11.7. The van der Waals surface area contributed by atoms with Gasteiger partial charge in [-0.3, -0.25) is 0 Å². The molecule has 2 N–H and O–H groups in total. The lowest BCUT2D eigenvalue weighted by molar-refractivity contribution is 0.0720. The molecule has 0 aliphatic rings. The van der Waals surface area contributed by atoms with Gasteiger partial charge in [-0.25, -0.2) is 0 Å². The summed E-state index contributed by atoms with van der Waals surface area (Å²) in [5.74, 6) is 0. The van der Waals surface area contributed by atoms with Gasteiger partial charge in [0.1, 0.15) is 0 Å². The van der Waals surface area contributed by atoms with Crippen LogP contribution in [-0.4, -0.2) is 52.1 Å². The molecule has 0 bridgehead atoms. The molecule has 4 nitrogen and oxygen atoms in total. The van der Waals surface area contributed by atoms with Gasteiger partial charge in [0, 0.05) is 19.2 Å². The molecule has 98 valence electrons. The van der Waals surface area contributed by atoms with Crippen molar-refractivity contribution in [3.63, 3.8) is 0 Å². The summed E-state index contributed by atoms with van der Waals surface area (Å²) in [6.07, 6.45) is 1.15. The first kappa shape index (κ1) is 15.8. The van der Waals surface area contributed by atoms with Crippen LogP contribution in [0.1, 0.15) is 27.2 Å². The average molecular weight is 232 g/mol. The Balaban J connectivity index is 2.99. The monoisotopic (exact) mass is 232 g/mol. The smallest absolute Gasteiger partial charge is 0.0700 e. The summed E-state index contributed by atoms with van der Waals surface area (Å²) in [7, 11) is 1.68. The van der Waals surface area contributed by atoms with E-state index in [2.05, 4.69) is 31.4 Å². The summed E-state index contributed by atoms with van der Waals surface area (Å²) in [6, 6.07) is 0. The predicted octanol–water partition coefficient (Wildman–Crippen LogP) is 1.02. The lowest BCUT2D eigenvalue weighted by Crippen LogP contribution is -2.37. The number of ether oxygens (including phenoxy) is 2. The van der Waals surface area contributed by atoms with Crippen molar-refractivity contribution in [1.29, 1.82) is 0 Å². The number of nitrogens with one attached hydrogen (secondary N) is 2. The fraction of sp³-hybridized carbons (Fsp3) is 1.00. The number of hydrogen-bond donors (Lipinski definition) is 2. The molecule has 0 saturated heterocycles. The highest BCUT2D eigenvalue weighted by molar-refractivity contribution is 4.69. The largest absolute Gasteiger partial charge is 0.382 e. The summed E-state index contributed by atoms with van der Waals surface area (Å²) in [4.78, 5) is 0. The van der Waals surface area contributed by atoms with Crippen LogP contribution in [0.15, 0.2) is 0 Å². The first-order valence-electron chi connectivity index (χ1n) is 6.08. The Bertz CT molecular complexity index is 146. The van der Waals surface area contributed by atoms with Gasteiger partial charge in [-0.15, -0.1) is 0 Å². The number of methoxy groups -OCH3 is 1. The van der Waals surface area contributed by atoms with Gasteiger partial charge in [-0.05, 0) is 40.3 Å². The van der Waals surface area contributed by atoms with Crippen LogP contribution in [0, 0.1) is 0 Å². The van der Waals surface area contributed by atoms with E-state index < -0.39 is 0 Å². The van der Waals surface area contributed by atoms with Crippen molar-refractivity contribution in [2.24, 2.45) is 0 Å². The van der Waals surface area contributed by atoms with E-state index in [-0.39, 0.29) is 5.54 Å². The molecular weight excluding hydrogens is 204 g/mol. The fourth-order valence-electron chi connectivity index (χ4n) is 1.19. The Morgan fingerprint density at radius 1 is 0.938 bits per heavy atom. The van der Waals surface area contributed by atoms with Gasteiger partial charge in [0.2, 0.25) is 0 Å². The van der Waals surface area contributed by atoms with Gasteiger partial charge >= 0.3 is 0 Å². The van der Waals surface area contributed by atoms with Crippen molar-refractivity contribution < 1.29 is 9.47 Å². The summed E-state index contributed by atoms with van der Waals surface area (Å²) in [5, 5.41) is 6.80. The Morgan fingerprint density at radius 2 is 1.69 bits per heavy atom. The zero-order valence-electron chi connectivity index (χ0n) is 11.3. The van der Waals surface area contributed by atoms with E-state index in [0.717, 1.165) is 32.7 Å². The second kappa shape index (κ2) is 10.0. The summed E-state index contributed by atoms with van der Waals surface area (Å²) < 4.78 is 10.2. The van der Waals surface area contributed by atoms with Crippen LogP contribution < -0.4 is 10.6 Å². The molecule has 0 aliphatic carbocycles. The fourth-order valence-corrected chi connectivity index (χ4v) is 1.19. The second-order valence-corrected chi connectivity index (χ2v) is 4.89. The molecule has 0 fully saturated rings. The molecule has 0 saturated carbocycles. The molecule has 0 radical (unpaired) electrons. The number of rotatable bonds is 10. The second-order valence-electron chi connectivity index (χ2n) is 4.89. The van der Waals surface area contributed by atoms with Crippen molar-refractivity contribution in [1.82, 2.24) is 10.6 Å². The molecule has 0 aromatic heterocycles. The molecule has 0 unspecified atom stereocenters. The Labute approximate surface area is 100 Å². The maximum atomic E-state index is 5.33. The van der Waals surface area contributed by atoms with Crippen molar-refractivity contribution >= 4 is 0 Å². The van der Waals surface area contributed by atoms with Crippen molar-refractivity contribution in [2.75, 3.05) is 46.6 Å². The quantitative estimate of drug-likeness (QED) is 0.552. The van der Waals surface area contributed by atoms with Crippen LogP contribution in [0.2, 0.25) is 0 Å². The Kier molecular flexibility index (Phi) is 9.92. The maximum absolute atomic E-state index is 5.33. The lowest BCUT2D eigenvalue weighted by atomic mass is 10.1. The van der Waals surface area contributed by atoms with E-state index in [1.165, 1.54) is 0 Å². The highest BCUT2D eigenvalue weighted by Crippen LogP contribution is 1.97. The topological polar surface area (TPSA) is 42.5 Å². The van der Waals surface area contributed by atoms with Crippen LogP contribution in [0.3, 0.4) is 0 Å². The SMILES string of the molecule is COCCOCCNCCCNC(C)(C)C. The normalized spacial score (nSPS) is 12.0. The first-order valence-corrected chi connectivity index (χ1v) is 6.08. The third-order valence-electron chi connectivity index (χ3n) is 2.04. The summed E-state index contributed by atoms with van der Waals surface area (Å²) in [5.41, 5.74) is 0.225. The zero-order chi connectivity index (χ0) is 12.3. The molecule has 16 heavy (non-hydrogen) atoms. The number of hydrogen-bond acceptors (Lipinski definition) is 4. The van der Waals surface area contributed by atoms with E-state index in [1.807, 2.05) is 0 Å². The van der Waals surface area contributed by atoms with Crippen LogP contribution in [0.25, 0.3) is 0 Å². The van der Waals surface area contributed by atoms with E-state index >= 15 is 0 Å². The van der Waals surface area contributed by atoms with Crippen LogP contribution in [0.5, 0.6) is 0 Å². The third-order valence-corrected chi connectivity index (χ3v) is 2.04. The van der Waals surface area contributed by atoms with Crippen LogP contribution >= 0.6 is 0 Å². The molecule has 0 aliphatic heterocycles. The summed E-state index contributed by atoms with van der Waals surface area (Å²) >= 11 is 0. The molecule has 0 aromatic rings. The minimum atomic E-state index is 0.225. The van der Waals surface area contributed by atoms with Gasteiger partial charge in [0.25, 0.3) is 0 Å². The van der Waals surface area contributed by atoms with Crippen LogP contribution in [-0.2, 0) is 9.47 Å². The molecule has 0 amide bonds. The zero-order valence-corrected chi connectivity index (χ0v) is 11.3. The van der Waals surface area contributed by atoms with Crippen molar-refractivity contribution in [2.45, 2.75) is 32.7 Å². The van der Waals surface area contributed by atoms with E-state index in [1.54, 1.807) is 7.11 Å². The third kappa shape index (κ3) is 13.8. The first-order chi connectivity index (χ1) is 7.56. The molecule has 0 aromatic carbocycles. The van der Waals surface area contributed by atoms with E-state index in [4.69, 9.17) is 9.47 Å². The molecular formula is C12H28N2O2. The highest BCUT2D eigenvalue weighted by Gasteiger charge is 2.06. The molecule has 0 rings (SSSR count). The van der Waals surface area contributed by atoms with Crippen molar-refractivity contribution in [3.05, 3.63) is 0 Å². The minimum absolute atomic E-state index is 0.225. The van der Waals surface area contributed by atoms with E-state index in [0.29, 0.717) is 13.2 Å². The van der Waals surface area contributed by atoms with Gasteiger partial charge in [0.05, 0.1) is 19.8 Å². The minimum Gasteiger partial charge on any atom is -0.382 e. The van der Waals surface area contributed by atoms with E-state index in [9.17, 15) is 0 Å². The highest BCUT2D eigenvalue weighted by atomic mass is 16.5. The van der Waals surface area contributed by atoms with Crippen molar-refractivity contribution in [3.8, 4) is 0 Å². The van der Waals surface area contributed by atoms with Gasteiger partial charge < -0.3 is 20.1 Å². The molecule has 4 heteroatoms. The Morgan fingerprint density at radius 3 is 2.31 bits per heavy atom. The average Bonchev–Trinajstić information content (AvgIpc) is 2.19. The Hall–Kier alpha value is -0.160. The van der Waals surface area contributed by atoms with Gasteiger partial charge in [-0.1, -0.05) is 0 Å².